The maximum absolute atomic E-state index is 12.8. The minimum atomic E-state index is -4.42. The van der Waals surface area contributed by atoms with Gasteiger partial charge in [0.15, 0.2) is 0 Å². The molecular weight excluding hydrogens is 233 g/mol. The van der Waals surface area contributed by atoms with Crippen molar-refractivity contribution in [1.29, 1.82) is 0 Å². The summed E-state index contributed by atoms with van der Waals surface area (Å²) in [6.45, 7) is 0. The molecule has 0 heterocycles. The lowest BCUT2D eigenvalue weighted by Gasteiger charge is -2.18. The molecule has 1 aromatic rings. The zero-order chi connectivity index (χ0) is 12.7. The van der Waals surface area contributed by atoms with E-state index >= 15 is 0 Å². The Morgan fingerprint density at radius 1 is 1.35 bits per heavy atom. The van der Waals surface area contributed by atoms with E-state index in [1.807, 2.05) is 0 Å². The van der Waals surface area contributed by atoms with Gasteiger partial charge in [-0.25, -0.2) is 0 Å². The van der Waals surface area contributed by atoms with Crippen LogP contribution in [0.2, 0.25) is 0 Å². The van der Waals surface area contributed by atoms with Gasteiger partial charge >= 0.3 is 6.18 Å². The summed E-state index contributed by atoms with van der Waals surface area (Å²) < 4.78 is 43.4. The Bertz CT molecular complexity index is 422. The van der Waals surface area contributed by atoms with Crippen LogP contribution in [0.15, 0.2) is 18.2 Å². The summed E-state index contributed by atoms with van der Waals surface area (Å²) in [7, 11) is 1.33. The lowest BCUT2D eigenvalue weighted by Crippen LogP contribution is -2.17. The molecule has 0 aliphatic heterocycles. The highest BCUT2D eigenvalue weighted by atomic mass is 19.4. The molecular formula is C12H13F3O2. The Hall–Kier alpha value is -1.23. The molecule has 0 unspecified atom stereocenters. The number of alkyl halides is 3. The van der Waals surface area contributed by atoms with Crippen molar-refractivity contribution in [2.45, 2.75) is 31.0 Å². The highest BCUT2D eigenvalue weighted by Gasteiger charge is 2.44. The van der Waals surface area contributed by atoms with Crippen LogP contribution in [0.4, 0.5) is 13.2 Å². The molecule has 1 N–H and O–H groups in total. The van der Waals surface area contributed by atoms with Crippen LogP contribution >= 0.6 is 0 Å². The first-order chi connectivity index (χ1) is 7.86. The summed E-state index contributed by atoms with van der Waals surface area (Å²) in [6, 6.07) is 3.81. The normalized spacial score (nSPS) is 17.9. The second-order valence-electron chi connectivity index (χ2n) is 4.39. The molecule has 0 atom stereocenters. The predicted molar refractivity (Wildman–Crippen MR) is 55.9 cm³/mol. The number of hydrogen-bond acceptors (Lipinski definition) is 2. The SMILES string of the molecule is COc1cccc(C(F)(F)F)c1CC1(O)CC1. The third-order valence-corrected chi connectivity index (χ3v) is 2.99. The summed E-state index contributed by atoms with van der Waals surface area (Å²) >= 11 is 0. The number of methoxy groups -OCH3 is 1. The molecule has 2 rings (SSSR count). The molecule has 0 radical (unpaired) electrons. The maximum atomic E-state index is 12.8. The Morgan fingerprint density at radius 3 is 2.47 bits per heavy atom. The van der Waals surface area contributed by atoms with Crippen LogP contribution in [-0.4, -0.2) is 17.8 Å². The van der Waals surface area contributed by atoms with Crippen molar-refractivity contribution in [2.75, 3.05) is 7.11 Å². The molecule has 17 heavy (non-hydrogen) atoms. The fourth-order valence-corrected chi connectivity index (χ4v) is 1.85. The van der Waals surface area contributed by atoms with E-state index in [1.165, 1.54) is 19.2 Å². The summed E-state index contributed by atoms with van der Waals surface area (Å²) in [5.74, 6) is 0.181. The zero-order valence-electron chi connectivity index (χ0n) is 9.34. The van der Waals surface area contributed by atoms with Crippen molar-refractivity contribution in [3.8, 4) is 5.75 Å². The lowest BCUT2D eigenvalue weighted by atomic mass is 9.99. The van der Waals surface area contributed by atoms with E-state index in [1.54, 1.807) is 0 Å². The summed E-state index contributed by atoms with van der Waals surface area (Å²) in [5.41, 5.74) is -1.66. The van der Waals surface area contributed by atoms with Crippen molar-refractivity contribution in [2.24, 2.45) is 0 Å². The van der Waals surface area contributed by atoms with E-state index in [4.69, 9.17) is 4.74 Å². The van der Waals surface area contributed by atoms with Gasteiger partial charge in [-0.15, -0.1) is 0 Å². The van der Waals surface area contributed by atoms with Crippen LogP contribution in [0.5, 0.6) is 5.75 Å². The summed E-state index contributed by atoms with van der Waals surface area (Å²) in [4.78, 5) is 0. The van der Waals surface area contributed by atoms with Gasteiger partial charge in [-0.2, -0.15) is 13.2 Å². The molecule has 94 valence electrons. The van der Waals surface area contributed by atoms with E-state index in [2.05, 4.69) is 0 Å². The third-order valence-electron chi connectivity index (χ3n) is 2.99. The van der Waals surface area contributed by atoms with E-state index < -0.39 is 17.3 Å². The molecule has 5 heteroatoms. The second kappa shape index (κ2) is 3.91. The maximum Gasteiger partial charge on any atom is 0.416 e. The second-order valence-corrected chi connectivity index (χ2v) is 4.39. The fourth-order valence-electron chi connectivity index (χ4n) is 1.85. The Labute approximate surface area is 97.0 Å². The topological polar surface area (TPSA) is 29.5 Å². The standard InChI is InChI=1S/C12H13F3O2/c1-17-10-4-2-3-9(12(13,14)15)8(10)7-11(16)5-6-11/h2-4,16H,5-7H2,1H3. The summed E-state index contributed by atoms with van der Waals surface area (Å²) in [5, 5.41) is 9.77. The Balaban J connectivity index is 2.44. The smallest absolute Gasteiger partial charge is 0.416 e. The van der Waals surface area contributed by atoms with E-state index in [-0.39, 0.29) is 17.7 Å². The van der Waals surface area contributed by atoms with Gasteiger partial charge in [0.2, 0.25) is 0 Å². The van der Waals surface area contributed by atoms with Gasteiger partial charge in [0.1, 0.15) is 5.75 Å². The van der Waals surface area contributed by atoms with E-state index in [9.17, 15) is 18.3 Å². The number of aliphatic hydroxyl groups is 1. The minimum Gasteiger partial charge on any atom is -0.496 e. The fraction of sp³-hybridized carbons (Fsp3) is 0.500. The van der Waals surface area contributed by atoms with E-state index in [0.717, 1.165) is 6.07 Å². The minimum absolute atomic E-state index is 0.00808. The van der Waals surface area contributed by atoms with Gasteiger partial charge in [0, 0.05) is 12.0 Å². The molecule has 0 bridgehead atoms. The van der Waals surface area contributed by atoms with Gasteiger partial charge in [-0.3, -0.25) is 0 Å². The highest BCUT2D eigenvalue weighted by Crippen LogP contribution is 2.44. The van der Waals surface area contributed by atoms with Crippen molar-refractivity contribution < 1.29 is 23.0 Å². The first-order valence-corrected chi connectivity index (χ1v) is 5.31. The van der Waals surface area contributed by atoms with Gasteiger partial charge < -0.3 is 9.84 Å². The number of halogens is 3. The van der Waals surface area contributed by atoms with Gasteiger partial charge in [-0.05, 0) is 25.0 Å². The van der Waals surface area contributed by atoms with Crippen LogP contribution in [0.25, 0.3) is 0 Å². The quantitative estimate of drug-likeness (QED) is 0.888. The highest BCUT2D eigenvalue weighted by molar-refractivity contribution is 5.43. The Morgan fingerprint density at radius 2 is 2.00 bits per heavy atom. The average molecular weight is 246 g/mol. The largest absolute Gasteiger partial charge is 0.496 e. The van der Waals surface area contributed by atoms with Crippen LogP contribution in [0.3, 0.4) is 0 Å². The number of ether oxygens (including phenoxy) is 1. The average Bonchev–Trinajstić information content (AvgIpc) is 2.95. The monoisotopic (exact) mass is 246 g/mol. The molecule has 0 saturated heterocycles. The zero-order valence-corrected chi connectivity index (χ0v) is 9.34. The van der Waals surface area contributed by atoms with Crippen LogP contribution in [0, 0.1) is 0 Å². The Kier molecular flexibility index (Phi) is 2.81. The number of benzene rings is 1. The first-order valence-electron chi connectivity index (χ1n) is 5.31. The van der Waals surface area contributed by atoms with Crippen molar-refractivity contribution in [3.05, 3.63) is 29.3 Å². The predicted octanol–water partition coefficient (Wildman–Crippen LogP) is 2.78. The molecule has 0 amide bonds. The molecule has 0 aromatic heterocycles. The van der Waals surface area contributed by atoms with Crippen LogP contribution < -0.4 is 4.74 Å². The molecule has 2 nitrogen and oxygen atoms in total. The van der Waals surface area contributed by atoms with E-state index in [0.29, 0.717) is 12.8 Å². The van der Waals surface area contributed by atoms with Crippen molar-refractivity contribution >= 4 is 0 Å². The third kappa shape index (κ3) is 2.54. The number of rotatable bonds is 3. The van der Waals surface area contributed by atoms with Crippen LogP contribution in [-0.2, 0) is 12.6 Å². The molecule has 1 aliphatic rings. The summed E-state index contributed by atoms with van der Waals surface area (Å²) in [6.07, 6.45) is -3.34. The number of hydrogen-bond donors (Lipinski definition) is 1. The molecule has 1 saturated carbocycles. The molecule has 1 aliphatic carbocycles. The van der Waals surface area contributed by atoms with Gasteiger partial charge in [0.05, 0.1) is 18.3 Å². The van der Waals surface area contributed by atoms with Crippen molar-refractivity contribution in [1.82, 2.24) is 0 Å². The van der Waals surface area contributed by atoms with Crippen LogP contribution in [0.1, 0.15) is 24.0 Å². The van der Waals surface area contributed by atoms with Gasteiger partial charge in [-0.1, -0.05) is 6.07 Å². The first kappa shape index (κ1) is 12.2. The molecule has 0 spiro atoms. The van der Waals surface area contributed by atoms with Crippen molar-refractivity contribution in [3.63, 3.8) is 0 Å². The lowest BCUT2D eigenvalue weighted by molar-refractivity contribution is -0.138. The molecule has 1 fully saturated rings. The molecule has 1 aromatic carbocycles. The van der Waals surface area contributed by atoms with Gasteiger partial charge in [0.25, 0.3) is 0 Å².